The van der Waals surface area contributed by atoms with E-state index in [-0.39, 0.29) is 22.9 Å². The number of halogens is 1. The summed E-state index contributed by atoms with van der Waals surface area (Å²) >= 11 is 2.93. The summed E-state index contributed by atoms with van der Waals surface area (Å²) < 4.78 is 21.7. The second-order valence-corrected chi connectivity index (χ2v) is 9.64. The van der Waals surface area contributed by atoms with E-state index in [2.05, 4.69) is 10.2 Å². The Labute approximate surface area is 193 Å². The highest BCUT2D eigenvalue weighted by atomic mass is 32.2. The zero-order valence-electron chi connectivity index (χ0n) is 17.6. The number of ether oxygens (including phenoxy) is 1. The van der Waals surface area contributed by atoms with E-state index in [0.717, 1.165) is 33.6 Å². The largest absolute Gasteiger partial charge is 0.497 e. The minimum absolute atomic E-state index is 0.0426. The van der Waals surface area contributed by atoms with Crippen LogP contribution in [0.5, 0.6) is 5.75 Å². The van der Waals surface area contributed by atoms with Gasteiger partial charge in [0.2, 0.25) is 5.91 Å². The lowest BCUT2D eigenvalue weighted by atomic mass is 10.1. The van der Waals surface area contributed by atoms with Crippen molar-refractivity contribution in [3.05, 3.63) is 65.5 Å². The quantitative estimate of drug-likeness (QED) is 0.396. The fourth-order valence-corrected chi connectivity index (χ4v) is 6.13. The van der Waals surface area contributed by atoms with E-state index in [1.807, 2.05) is 35.6 Å². The van der Waals surface area contributed by atoms with Gasteiger partial charge in [-0.15, -0.1) is 22.0 Å². The average molecular weight is 469 g/mol. The number of thioether (sulfide) groups is 2. The van der Waals surface area contributed by atoms with Crippen molar-refractivity contribution in [2.75, 3.05) is 25.2 Å². The molecule has 0 aliphatic carbocycles. The number of rotatable bonds is 5. The number of carbonyl (C=O) groups excluding carboxylic acids is 1. The summed E-state index contributed by atoms with van der Waals surface area (Å²) in [5.41, 5.74) is 3.30. The van der Waals surface area contributed by atoms with Crippen LogP contribution >= 0.6 is 23.5 Å². The van der Waals surface area contributed by atoms with Gasteiger partial charge in [-0.05, 0) is 36.8 Å². The molecule has 2 aromatic carbocycles. The van der Waals surface area contributed by atoms with Gasteiger partial charge in [0.15, 0.2) is 10.8 Å². The monoisotopic (exact) mass is 468 g/mol. The fraction of sp³-hybridized carbons (Fsp3) is 0.261. The number of aryl methyl sites for hydroxylation is 1. The molecular weight excluding hydrogens is 447 g/mol. The van der Waals surface area contributed by atoms with E-state index in [4.69, 9.17) is 4.74 Å². The molecule has 1 amide bonds. The summed E-state index contributed by atoms with van der Waals surface area (Å²) in [7, 11) is 1.63. The van der Waals surface area contributed by atoms with Crippen LogP contribution in [0.1, 0.15) is 16.5 Å². The summed E-state index contributed by atoms with van der Waals surface area (Å²) in [5.74, 6) is 1.40. The third kappa shape index (κ3) is 3.69. The van der Waals surface area contributed by atoms with E-state index >= 15 is 0 Å². The van der Waals surface area contributed by atoms with Crippen LogP contribution in [0.25, 0.3) is 16.6 Å². The van der Waals surface area contributed by atoms with Gasteiger partial charge in [-0.2, -0.15) is 0 Å². The van der Waals surface area contributed by atoms with Gasteiger partial charge in [0.1, 0.15) is 16.9 Å². The van der Waals surface area contributed by atoms with Crippen molar-refractivity contribution >= 4 is 46.0 Å². The van der Waals surface area contributed by atoms with Crippen molar-refractivity contribution in [1.82, 2.24) is 19.5 Å². The average Bonchev–Trinajstić information content (AvgIpc) is 3.45. The molecule has 5 rings (SSSR count). The molecule has 3 heterocycles. The van der Waals surface area contributed by atoms with Crippen molar-refractivity contribution < 1.29 is 13.9 Å². The van der Waals surface area contributed by atoms with Crippen LogP contribution in [-0.4, -0.2) is 50.6 Å². The molecule has 9 heteroatoms. The molecule has 1 aliphatic rings. The first-order valence-electron chi connectivity index (χ1n) is 10.2. The van der Waals surface area contributed by atoms with Crippen LogP contribution in [0.15, 0.2) is 53.7 Å². The van der Waals surface area contributed by atoms with Crippen LogP contribution in [0.4, 0.5) is 4.39 Å². The molecular formula is C23H21FN4O2S2. The SMILES string of the molecule is COc1ccc2c(C)cc3nnc(SCC(=O)N4CCSC4c4ccccc4F)n3c2c1. The Bertz CT molecular complexity index is 1330. The molecule has 0 saturated carbocycles. The molecule has 32 heavy (non-hydrogen) atoms. The van der Waals surface area contributed by atoms with Crippen LogP contribution in [0, 0.1) is 12.7 Å². The van der Waals surface area contributed by atoms with E-state index < -0.39 is 0 Å². The molecule has 0 spiro atoms. The molecule has 164 valence electrons. The van der Waals surface area contributed by atoms with Gasteiger partial charge in [-0.1, -0.05) is 30.0 Å². The molecule has 6 nitrogen and oxygen atoms in total. The zero-order valence-corrected chi connectivity index (χ0v) is 19.3. The Morgan fingerprint density at radius 3 is 2.91 bits per heavy atom. The number of pyridine rings is 1. The summed E-state index contributed by atoms with van der Waals surface area (Å²) in [6, 6.07) is 14.5. The molecule has 1 aliphatic heterocycles. The predicted molar refractivity (Wildman–Crippen MR) is 126 cm³/mol. The molecule has 1 unspecified atom stereocenters. The summed E-state index contributed by atoms with van der Waals surface area (Å²) in [6.07, 6.45) is 0. The number of hydrogen-bond acceptors (Lipinski definition) is 6. The first-order valence-corrected chi connectivity index (χ1v) is 12.2. The van der Waals surface area contributed by atoms with Crippen molar-refractivity contribution in [3.8, 4) is 5.75 Å². The van der Waals surface area contributed by atoms with E-state index in [1.54, 1.807) is 42.0 Å². The third-order valence-corrected chi connectivity index (χ3v) is 7.74. The summed E-state index contributed by atoms with van der Waals surface area (Å²) in [6.45, 7) is 2.64. The van der Waals surface area contributed by atoms with E-state index in [0.29, 0.717) is 17.3 Å². The Kier molecular flexibility index (Phi) is 5.69. The fourth-order valence-electron chi connectivity index (χ4n) is 3.99. The number of carbonyl (C=O) groups is 1. The van der Waals surface area contributed by atoms with Gasteiger partial charge in [0.05, 0.1) is 18.4 Å². The topological polar surface area (TPSA) is 59.7 Å². The molecule has 4 aromatic rings. The van der Waals surface area contributed by atoms with Crippen LogP contribution in [0.3, 0.4) is 0 Å². The highest BCUT2D eigenvalue weighted by molar-refractivity contribution is 8.00. The number of hydrogen-bond donors (Lipinski definition) is 0. The van der Waals surface area contributed by atoms with Crippen molar-refractivity contribution in [3.63, 3.8) is 0 Å². The molecule has 2 aromatic heterocycles. The van der Waals surface area contributed by atoms with Gasteiger partial charge in [-0.25, -0.2) is 4.39 Å². The Balaban J connectivity index is 1.42. The van der Waals surface area contributed by atoms with Gasteiger partial charge < -0.3 is 9.64 Å². The second kappa shape index (κ2) is 8.63. The van der Waals surface area contributed by atoms with Crippen LogP contribution < -0.4 is 4.74 Å². The Morgan fingerprint density at radius 1 is 1.25 bits per heavy atom. The zero-order chi connectivity index (χ0) is 22.2. The Hall–Kier alpha value is -2.78. The highest BCUT2D eigenvalue weighted by Crippen LogP contribution is 2.39. The minimum atomic E-state index is -0.299. The van der Waals surface area contributed by atoms with E-state index in [1.165, 1.54) is 17.8 Å². The summed E-state index contributed by atoms with van der Waals surface area (Å²) in [4.78, 5) is 14.8. The first kappa shape index (κ1) is 21.1. The van der Waals surface area contributed by atoms with Gasteiger partial charge >= 0.3 is 0 Å². The number of benzene rings is 2. The first-order chi connectivity index (χ1) is 15.6. The highest BCUT2D eigenvalue weighted by Gasteiger charge is 2.32. The number of nitrogens with zero attached hydrogens (tertiary/aromatic N) is 4. The van der Waals surface area contributed by atoms with Crippen molar-refractivity contribution in [2.45, 2.75) is 17.5 Å². The standard InChI is InChI=1S/C23H21FN4O2S2/c1-14-11-20-25-26-23(28(20)19-12-15(30-2)7-8-16(14)19)32-13-21(29)27-9-10-31-22(27)17-5-3-4-6-18(17)24/h3-8,11-12,22H,9-10,13H2,1-2H3. The number of aromatic nitrogens is 3. The Morgan fingerprint density at radius 2 is 2.09 bits per heavy atom. The van der Waals surface area contributed by atoms with E-state index in [9.17, 15) is 9.18 Å². The molecule has 1 atom stereocenters. The minimum Gasteiger partial charge on any atom is -0.497 e. The maximum absolute atomic E-state index is 14.3. The lowest BCUT2D eigenvalue weighted by Gasteiger charge is -2.24. The van der Waals surface area contributed by atoms with Gasteiger partial charge in [0, 0.05) is 29.3 Å². The van der Waals surface area contributed by atoms with Crippen molar-refractivity contribution in [1.29, 1.82) is 0 Å². The number of amides is 1. The normalized spacial score (nSPS) is 16.2. The molecule has 0 N–H and O–H groups in total. The maximum Gasteiger partial charge on any atom is 0.234 e. The lowest BCUT2D eigenvalue weighted by molar-refractivity contribution is -0.128. The predicted octanol–water partition coefficient (Wildman–Crippen LogP) is 4.70. The molecule has 1 fully saturated rings. The second-order valence-electron chi connectivity index (χ2n) is 7.51. The smallest absolute Gasteiger partial charge is 0.234 e. The third-order valence-electron chi connectivity index (χ3n) is 5.58. The van der Waals surface area contributed by atoms with Crippen molar-refractivity contribution in [2.24, 2.45) is 0 Å². The van der Waals surface area contributed by atoms with Gasteiger partial charge in [0.25, 0.3) is 0 Å². The summed E-state index contributed by atoms with van der Waals surface area (Å²) in [5, 5.41) is 10.1. The lowest BCUT2D eigenvalue weighted by Crippen LogP contribution is -2.32. The van der Waals surface area contributed by atoms with Gasteiger partial charge in [-0.3, -0.25) is 9.20 Å². The number of methoxy groups -OCH3 is 1. The number of fused-ring (bicyclic) bond motifs is 3. The molecule has 0 radical (unpaired) electrons. The van der Waals surface area contributed by atoms with Crippen LogP contribution in [-0.2, 0) is 4.79 Å². The molecule has 1 saturated heterocycles. The molecule has 0 bridgehead atoms. The van der Waals surface area contributed by atoms with Crippen LogP contribution in [0.2, 0.25) is 0 Å². The maximum atomic E-state index is 14.3.